The van der Waals surface area contributed by atoms with Crippen LogP contribution in [0.3, 0.4) is 0 Å². The summed E-state index contributed by atoms with van der Waals surface area (Å²) in [6.07, 6.45) is 0. The van der Waals surface area contributed by atoms with E-state index in [1.54, 1.807) is 12.1 Å². The van der Waals surface area contributed by atoms with Crippen LogP contribution >= 0.6 is 0 Å². The highest BCUT2D eigenvalue weighted by Crippen LogP contribution is 2.27. The van der Waals surface area contributed by atoms with Gasteiger partial charge in [0.25, 0.3) is 5.91 Å². The van der Waals surface area contributed by atoms with E-state index >= 15 is 0 Å². The molecule has 0 aliphatic carbocycles. The maximum atomic E-state index is 12.8. The molecule has 0 aromatic heterocycles. The maximum Gasteiger partial charge on any atom is 0.261 e. The second-order valence-electron chi connectivity index (χ2n) is 4.46. The van der Waals surface area contributed by atoms with Gasteiger partial charge >= 0.3 is 0 Å². The summed E-state index contributed by atoms with van der Waals surface area (Å²) < 4.78 is 12.8. The van der Waals surface area contributed by atoms with Crippen LogP contribution in [-0.4, -0.2) is 28.1 Å². The highest BCUT2D eigenvalue weighted by Gasteiger charge is 2.19. The molecule has 0 spiro atoms. The lowest BCUT2D eigenvalue weighted by atomic mass is 10.1. The van der Waals surface area contributed by atoms with Crippen molar-refractivity contribution in [1.82, 2.24) is 4.90 Å². The van der Waals surface area contributed by atoms with Crippen molar-refractivity contribution in [2.45, 2.75) is 6.54 Å². The van der Waals surface area contributed by atoms with Gasteiger partial charge in [-0.15, -0.1) is 0 Å². The van der Waals surface area contributed by atoms with Crippen molar-refractivity contribution in [3.05, 3.63) is 59.4 Å². The van der Waals surface area contributed by atoms with E-state index in [0.717, 1.165) is 5.56 Å². The summed E-state index contributed by atoms with van der Waals surface area (Å²) in [5.41, 5.74) is 0.606. The van der Waals surface area contributed by atoms with Crippen LogP contribution in [0.15, 0.2) is 42.5 Å². The van der Waals surface area contributed by atoms with Gasteiger partial charge in [-0.2, -0.15) is 0 Å². The molecule has 20 heavy (non-hydrogen) atoms. The van der Waals surface area contributed by atoms with E-state index in [4.69, 9.17) is 0 Å². The molecule has 0 fully saturated rings. The number of phenols is 2. The van der Waals surface area contributed by atoms with Gasteiger partial charge in [-0.1, -0.05) is 18.2 Å². The molecule has 0 aliphatic heterocycles. The van der Waals surface area contributed by atoms with Crippen molar-refractivity contribution in [2.24, 2.45) is 0 Å². The number of nitrogens with zero attached hydrogens (tertiary/aromatic N) is 1. The summed E-state index contributed by atoms with van der Waals surface area (Å²) in [4.78, 5) is 13.5. The van der Waals surface area contributed by atoms with Crippen molar-refractivity contribution < 1.29 is 19.4 Å². The van der Waals surface area contributed by atoms with Gasteiger partial charge in [-0.05, 0) is 29.8 Å². The van der Waals surface area contributed by atoms with Gasteiger partial charge in [0.2, 0.25) is 0 Å². The molecule has 0 radical (unpaired) electrons. The molecule has 1 amide bonds. The van der Waals surface area contributed by atoms with Crippen LogP contribution in [0.1, 0.15) is 15.9 Å². The maximum absolute atomic E-state index is 12.8. The van der Waals surface area contributed by atoms with Crippen molar-refractivity contribution >= 4 is 5.91 Å². The zero-order valence-electron chi connectivity index (χ0n) is 10.9. The number of phenolic OH excluding ortho intramolecular Hbond substituents is 2. The quantitative estimate of drug-likeness (QED) is 0.904. The van der Waals surface area contributed by atoms with Gasteiger partial charge in [0.05, 0.1) is 0 Å². The van der Waals surface area contributed by atoms with Gasteiger partial charge in [-0.25, -0.2) is 4.39 Å². The summed E-state index contributed by atoms with van der Waals surface area (Å²) >= 11 is 0. The number of hydrogen-bond acceptors (Lipinski definition) is 3. The molecule has 0 bridgehead atoms. The van der Waals surface area contributed by atoms with Crippen LogP contribution in [0, 0.1) is 5.82 Å². The Morgan fingerprint density at radius 2 is 1.65 bits per heavy atom. The third kappa shape index (κ3) is 2.88. The second kappa shape index (κ2) is 5.61. The molecule has 2 rings (SSSR count). The number of halogens is 1. The SMILES string of the molecule is CN(Cc1ccc(F)cc1)C(=O)c1c(O)cccc1O. The topological polar surface area (TPSA) is 60.8 Å². The molecule has 0 atom stereocenters. The van der Waals surface area contributed by atoms with E-state index in [-0.39, 0.29) is 29.4 Å². The Kier molecular flexibility index (Phi) is 3.89. The first kappa shape index (κ1) is 13.9. The molecule has 5 heteroatoms. The van der Waals surface area contributed by atoms with Crippen LogP contribution in [0.5, 0.6) is 11.5 Å². The molecule has 0 heterocycles. The average Bonchev–Trinajstić information content (AvgIpc) is 2.41. The number of benzene rings is 2. The first-order valence-electron chi connectivity index (χ1n) is 6.00. The molecule has 2 aromatic carbocycles. The van der Waals surface area contributed by atoms with Crippen LogP contribution in [-0.2, 0) is 6.54 Å². The molecule has 0 saturated carbocycles. The van der Waals surface area contributed by atoms with Crippen molar-refractivity contribution in [3.63, 3.8) is 0 Å². The Balaban J connectivity index is 2.18. The summed E-state index contributed by atoms with van der Waals surface area (Å²) in [5, 5.41) is 19.3. The van der Waals surface area contributed by atoms with E-state index < -0.39 is 5.91 Å². The van der Waals surface area contributed by atoms with Gasteiger partial charge in [-0.3, -0.25) is 4.79 Å². The Bertz CT molecular complexity index is 605. The first-order valence-corrected chi connectivity index (χ1v) is 6.00. The van der Waals surface area contributed by atoms with E-state index in [2.05, 4.69) is 0 Å². The Labute approximate surface area is 115 Å². The zero-order chi connectivity index (χ0) is 14.7. The number of aromatic hydroxyl groups is 2. The fraction of sp³-hybridized carbons (Fsp3) is 0.133. The summed E-state index contributed by atoms with van der Waals surface area (Å²) in [6.45, 7) is 0.243. The molecule has 0 saturated heterocycles. The fourth-order valence-electron chi connectivity index (χ4n) is 1.87. The predicted molar refractivity (Wildman–Crippen MR) is 72.0 cm³/mol. The zero-order valence-corrected chi connectivity index (χ0v) is 10.9. The monoisotopic (exact) mass is 275 g/mol. The minimum absolute atomic E-state index is 0.142. The number of amides is 1. The number of carbonyl (C=O) groups is 1. The van der Waals surface area contributed by atoms with Gasteiger partial charge in [0.15, 0.2) is 0 Å². The summed E-state index contributed by atoms with van der Waals surface area (Å²) in [5.74, 6) is -1.41. The Hall–Kier alpha value is -2.56. The first-order chi connectivity index (χ1) is 9.49. The molecule has 0 unspecified atom stereocenters. The molecule has 0 aliphatic rings. The molecule has 4 nitrogen and oxygen atoms in total. The van der Waals surface area contributed by atoms with Crippen molar-refractivity contribution in [2.75, 3.05) is 7.05 Å². The van der Waals surface area contributed by atoms with E-state index in [0.29, 0.717) is 0 Å². The van der Waals surface area contributed by atoms with Crippen LogP contribution in [0.2, 0.25) is 0 Å². The molecule has 2 N–H and O–H groups in total. The lowest BCUT2D eigenvalue weighted by Gasteiger charge is -2.18. The molecular weight excluding hydrogens is 261 g/mol. The minimum atomic E-state index is -0.509. The number of rotatable bonds is 3. The Morgan fingerprint density at radius 1 is 1.10 bits per heavy atom. The minimum Gasteiger partial charge on any atom is -0.507 e. The largest absolute Gasteiger partial charge is 0.507 e. The molecule has 2 aromatic rings. The third-order valence-electron chi connectivity index (χ3n) is 2.91. The van der Waals surface area contributed by atoms with Crippen LogP contribution in [0.25, 0.3) is 0 Å². The third-order valence-corrected chi connectivity index (χ3v) is 2.91. The van der Waals surface area contributed by atoms with E-state index in [1.807, 2.05) is 0 Å². The average molecular weight is 275 g/mol. The van der Waals surface area contributed by atoms with Crippen molar-refractivity contribution in [3.8, 4) is 11.5 Å². The Morgan fingerprint density at radius 3 is 2.20 bits per heavy atom. The smallest absolute Gasteiger partial charge is 0.261 e. The second-order valence-corrected chi connectivity index (χ2v) is 4.46. The summed E-state index contributed by atoms with van der Waals surface area (Å²) in [7, 11) is 1.54. The van der Waals surface area contributed by atoms with Crippen molar-refractivity contribution in [1.29, 1.82) is 0 Å². The van der Waals surface area contributed by atoms with E-state index in [9.17, 15) is 19.4 Å². The highest BCUT2D eigenvalue weighted by atomic mass is 19.1. The van der Waals surface area contributed by atoms with Gasteiger partial charge in [0, 0.05) is 13.6 Å². The lowest BCUT2D eigenvalue weighted by Crippen LogP contribution is -2.26. The standard InChI is InChI=1S/C15H14FNO3/c1-17(9-10-5-7-11(16)8-6-10)15(20)14-12(18)3-2-4-13(14)19/h2-8,18-19H,9H2,1H3. The number of hydrogen-bond donors (Lipinski definition) is 2. The normalized spacial score (nSPS) is 10.3. The van der Waals surface area contributed by atoms with Gasteiger partial charge < -0.3 is 15.1 Å². The fourth-order valence-corrected chi connectivity index (χ4v) is 1.87. The van der Waals surface area contributed by atoms with Gasteiger partial charge in [0.1, 0.15) is 22.9 Å². The van der Waals surface area contributed by atoms with Crippen LogP contribution < -0.4 is 0 Å². The summed E-state index contributed by atoms with van der Waals surface area (Å²) in [6, 6.07) is 9.88. The molecule has 104 valence electrons. The lowest BCUT2D eigenvalue weighted by molar-refractivity contribution is 0.0779. The van der Waals surface area contributed by atoms with Crippen LogP contribution in [0.4, 0.5) is 4.39 Å². The molecular formula is C15H14FNO3. The number of carbonyl (C=O) groups excluding carboxylic acids is 1. The highest BCUT2D eigenvalue weighted by molar-refractivity contribution is 5.99. The van der Waals surface area contributed by atoms with E-state index in [1.165, 1.54) is 42.3 Å². The predicted octanol–water partition coefficient (Wildman–Crippen LogP) is 2.51.